The Labute approximate surface area is 163 Å². The molecule has 2 heteroatoms. The average Bonchev–Trinajstić information content (AvgIpc) is 3.40. The minimum atomic E-state index is 0.812. The fraction of sp³-hybridized carbons (Fsp3) is 0.320. The van der Waals surface area contributed by atoms with E-state index in [4.69, 9.17) is 4.99 Å². The summed E-state index contributed by atoms with van der Waals surface area (Å²) in [4.78, 5) is 5.01. The normalized spacial score (nSPS) is 14.7. The number of benzene rings is 1. The number of nitrogens with zero attached hydrogens (tertiary/aromatic N) is 2. The van der Waals surface area contributed by atoms with Crippen molar-refractivity contribution in [1.82, 2.24) is 4.57 Å². The summed E-state index contributed by atoms with van der Waals surface area (Å²) in [6.45, 7) is 17.4. The Morgan fingerprint density at radius 1 is 1.22 bits per heavy atom. The zero-order chi connectivity index (χ0) is 19.6. The number of hydrogen-bond donors (Lipinski definition) is 0. The lowest BCUT2D eigenvalue weighted by atomic mass is 10.1. The third-order valence-corrected chi connectivity index (χ3v) is 5.32. The molecule has 1 aliphatic rings. The molecule has 0 atom stereocenters. The number of hydrogen-bond acceptors (Lipinski definition) is 1. The fourth-order valence-corrected chi connectivity index (χ4v) is 3.33. The van der Waals surface area contributed by atoms with Crippen molar-refractivity contribution in [3.05, 3.63) is 77.7 Å². The average molecular weight is 359 g/mol. The highest BCUT2D eigenvalue weighted by atomic mass is 15.0. The van der Waals surface area contributed by atoms with Gasteiger partial charge < -0.3 is 4.57 Å². The molecule has 3 rings (SSSR count). The molecule has 0 unspecified atom stereocenters. The van der Waals surface area contributed by atoms with Gasteiger partial charge in [-0.05, 0) is 75.3 Å². The van der Waals surface area contributed by atoms with E-state index in [0.29, 0.717) is 0 Å². The van der Waals surface area contributed by atoms with Crippen molar-refractivity contribution in [2.24, 2.45) is 10.9 Å². The Balaban J connectivity index is 2.05. The Bertz CT molecular complexity index is 933. The summed E-state index contributed by atoms with van der Waals surface area (Å²) in [6, 6.07) is 8.64. The number of aliphatic imine (C=N–C) groups is 1. The van der Waals surface area contributed by atoms with E-state index < -0.39 is 0 Å². The molecule has 0 aliphatic heterocycles. The van der Waals surface area contributed by atoms with Crippen molar-refractivity contribution in [3.8, 4) is 0 Å². The Hall–Kier alpha value is -2.61. The molecule has 0 N–H and O–H groups in total. The number of rotatable bonds is 7. The first-order valence-electron chi connectivity index (χ1n) is 9.72. The van der Waals surface area contributed by atoms with Crippen molar-refractivity contribution in [2.45, 2.75) is 47.1 Å². The van der Waals surface area contributed by atoms with Crippen molar-refractivity contribution < 1.29 is 0 Å². The molecule has 0 amide bonds. The molecule has 1 aromatic carbocycles. The molecule has 0 saturated heterocycles. The van der Waals surface area contributed by atoms with Gasteiger partial charge in [-0.25, -0.2) is 0 Å². The van der Waals surface area contributed by atoms with E-state index in [0.717, 1.165) is 35.0 Å². The van der Waals surface area contributed by atoms with Crippen LogP contribution in [-0.4, -0.2) is 10.3 Å². The second-order valence-electron chi connectivity index (χ2n) is 7.70. The van der Waals surface area contributed by atoms with Crippen molar-refractivity contribution in [1.29, 1.82) is 0 Å². The second-order valence-corrected chi connectivity index (χ2v) is 7.70. The molecule has 2 nitrogen and oxygen atoms in total. The first-order chi connectivity index (χ1) is 12.9. The maximum absolute atomic E-state index is 5.01. The predicted octanol–water partition coefficient (Wildman–Crippen LogP) is 6.89. The topological polar surface area (TPSA) is 17.3 Å². The molecule has 0 bridgehead atoms. The zero-order valence-electron chi connectivity index (χ0n) is 17.0. The first kappa shape index (κ1) is 19.2. The minimum Gasteiger partial charge on any atom is -0.343 e. The van der Waals surface area contributed by atoms with Gasteiger partial charge in [0.1, 0.15) is 0 Å². The summed E-state index contributed by atoms with van der Waals surface area (Å²) < 4.78 is 2.44. The molecular weight excluding hydrogens is 328 g/mol. The van der Waals surface area contributed by atoms with Crippen LogP contribution >= 0.6 is 0 Å². The van der Waals surface area contributed by atoms with Crippen LogP contribution < -0.4 is 0 Å². The lowest BCUT2D eigenvalue weighted by Gasteiger charge is -2.12. The van der Waals surface area contributed by atoms with E-state index in [1.54, 1.807) is 0 Å². The lowest BCUT2D eigenvalue weighted by molar-refractivity contribution is 0.612. The molecule has 2 aromatic rings. The highest BCUT2D eigenvalue weighted by molar-refractivity contribution is 6.00. The van der Waals surface area contributed by atoms with Crippen LogP contribution in [0.25, 0.3) is 11.6 Å². The van der Waals surface area contributed by atoms with Crippen LogP contribution in [0.1, 0.15) is 54.8 Å². The second kappa shape index (κ2) is 7.96. The van der Waals surface area contributed by atoms with Gasteiger partial charge in [0.25, 0.3) is 0 Å². The molecule has 0 spiro atoms. The van der Waals surface area contributed by atoms with Crippen LogP contribution in [0.4, 0.5) is 5.69 Å². The van der Waals surface area contributed by atoms with E-state index >= 15 is 0 Å². The first-order valence-corrected chi connectivity index (χ1v) is 9.72. The van der Waals surface area contributed by atoms with Crippen LogP contribution in [-0.2, 0) is 6.54 Å². The summed E-state index contributed by atoms with van der Waals surface area (Å²) in [5.41, 5.74) is 9.23. The highest BCUT2D eigenvalue weighted by Gasteiger charge is 2.24. The standard InChI is InChI=1S/C25H30N2/c1-7-8-9-23-15-25(27(20(23)6)16-21-11-12-21)19(5)26-24-14-22(17(2)3)13-10-18(24)4/h7-10,13-15,21H,1-2,11-12,16H2,3-6H3/b9-8-,26-19+. The molecule has 1 saturated carbocycles. The molecular formula is C25H30N2. The summed E-state index contributed by atoms with van der Waals surface area (Å²) in [5.74, 6) is 0.812. The van der Waals surface area contributed by atoms with E-state index in [2.05, 4.69) is 68.8 Å². The largest absolute Gasteiger partial charge is 0.343 e. The third kappa shape index (κ3) is 4.39. The van der Waals surface area contributed by atoms with E-state index in [1.165, 1.54) is 35.4 Å². The van der Waals surface area contributed by atoms with Gasteiger partial charge in [0.2, 0.25) is 0 Å². The van der Waals surface area contributed by atoms with Crippen molar-refractivity contribution in [3.63, 3.8) is 0 Å². The van der Waals surface area contributed by atoms with E-state index in [1.807, 2.05) is 19.1 Å². The number of allylic oxidation sites excluding steroid dienone is 3. The molecule has 0 radical (unpaired) electrons. The maximum atomic E-state index is 5.01. The molecule has 1 fully saturated rings. The van der Waals surface area contributed by atoms with Crippen LogP contribution in [0.2, 0.25) is 0 Å². The Morgan fingerprint density at radius 2 is 1.96 bits per heavy atom. The summed E-state index contributed by atoms with van der Waals surface area (Å²) in [6.07, 6.45) is 8.64. The van der Waals surface area contributed by atoms with E-state index in [-0.39, 0.29) is 0 Å². The molecule has 1 heterocycles. The summed E-state index contributed by atoms with van der Waals surface area (Å²) in [7, 11) is 0. The van der Waals surface area contributed by atoms with Crippen molar-refractivity contribution in [2.75, 3.05) is 0 Å². The molecule has 1 aliphatic carbocycles. The van der Waals surface area contributed by atoms with Gasteiger partial charge in [-0.2, -0.15) is 0 Å². The van der Waals surface area contributed by atoms with Crippen LogP contribution in [0, 0.1) is 19.8 Å². The van der Waals surface area contributed by atoms with Crippen molar-refractivity contribution >= 4 is 23.0 Å². The van der Waals surface area contributed by atoms with Gasteiger partial charge in [0.05, 0.1) is 17.1 Å². The minimum absolute atomic E-state index is 0.812. The SMILES string of the molecule is C=C/C=C\c1cc(/C(C)=N/c2cc(C(=C)C)ccc2C)n(CC2CC2)c1C. The zero-order valence-corrected chi connectivity index (χ0v) is 17.0. The van der Waals surface area contributed by atoms with Crippen LogP contribution in [0.3, 0.4) is 0 Å². The van der Waals surface area contributed by atoms with Gasteiger partial charge in [-0.1, -0.05) is 49.1 Å². The number of aromatic nitrogens is 1. The third-order valence-electron chi connectivity index (χ3n) is 5.32. The predicted molar refractivity (Wildman–Crippen MR) is 119 cm³/mol. The van der Waals surface area contributed by atoms with Crippen LogP contribution in [0.15, 0.2) is 54.6 Å². The Morgan fingerprint density at radius 3 is 2.59 bits per heavy atom. The number of aryl methyl sites for hydroxylation is 1. The summed E-state index contributed by atoms with van der Waals surface area (Å²) >= 11 is 0. The van der Waals surface area contributed by atoms with Crippen LogP contribution in [0.5, 0.6) is 0 Å². The van der Waals surface area contributed by atoms with Gasteiger partial charge in [-0.15, -0.1) is 0 Å². The quantitative estimate of drug-likeness (QED) is 0.379. The highest BCUT2D eigenvalue weighted by Crippen LogP contribution is 2.33. The van der Waals surface area contributed by atoms with E-state index in [9.17, 15) is 0 Å². The Kier molecular flexibility index (Phi) is 5.65. The maximum Gasteiger partial charge on any atom is 0.0668 e. The molecule has 140 valence electrons. The molecule has 27 heavy (non-hydrogen) atoms. The van der Waals surface area contributed by atoms with Gasteiger partial charge in [0.15, 0.2) is 0 Å². The smallest absolute Gasteiger partial charge is 0.0668 e. The molecule has 1 aromatic heterocycles. The van der Waals surface area contributed by atoms with Gasteiger partial charge in [-0.3, -0.25) is 4.99 Å². The summed E-state index contributed by atoms with van der Waals surface area (Å²) in [5, 5.41) is 0. The van der Waals surface area contributed by atoms with Gasteiger partial charge >= 0.3 is 0 Å². The fourth-order valence-electron chi connectivity index (χ4n) is 3.33. The monoisotopic (exact) mass is 358 g/mol. The van der Waals surface area contributed by atoms with Gasteiger partial charge in [0, 0.05) is 12.2 Å². The lowest BCUT2D eigenvalue weighted by Crippen LogP contribution is -2.10.